The highest BCUT2D eigenvalue weighted by Crippen LogP contribution is 2.45. The van der Waals surface area contributed by atoms with Gasteiger partial charge in [-0.3, -0.25) is 0 Å². The fourth-order valence-electron chi connectivity index (χ4n) is 4.93. The molecule has 4 heterocycles. The molecule has 1 aliphatic carbocycles. The van der Waals surface area contributed by atoms with Gasteiger partial charge in [-0.25, -0.2) is 32.9 Å². The van der Waals surface area contributed by atoms with Gasteiger partial charge < -0.3 is 15.2 Å². The van der Waals surface area contributed by atoms with Crippen molar-refractivity contribution in [1.82, 2.24) is 19.7 Å². The lowest BCUT2D eigenvalue weighted by atomic mass is 9.72. The topological polar surface area (TPSA) is 146 Å². The summed E-state index contributed by atoms with van der Waals surface area (Å²) >= 11 is 1.41. The number of benzene rings is 1. The smallest absolute Gasteiger partial charge is 0.456 e. The van der Waals surface area contributed by atoms with E-state index in [4.69, 9.17) is 10.5 Å². The van der Waals surface area contributed by atoms with Gasteiger partial charge in [0.05, 0.1) is 38.8 Å². The number of alkyl halides is 3. The standard InChI is InChI=1S/C25H26F3N5O5S2/c1-14-3-4-16(9-17(14)18-10-31-21(29)20(32-18)19-11-30-15(2)39-19)40(35,36)33-23-5-7-24(8-6-23,38-12-23)13-37-22(34)25(26,27)28/h3-4,9-11,33H,5-8,12-13H2,1-2H3,(H2,29,31). The Morgan fingerprint density at radius 2 is 1.90 bits per heavy atom. The van der Waals surface area contributed by atoms with Crippen LogP contribution in [0.25, 0.3) is 21.8 Å². The zero-order valence-electron chi connectivity index (χ0n) is 21.5. The Bertz CT molecular complexity index is 1550. The average molecular weight is 598 g/mol. The lowest BCUT2D eigenvalue weighted by Crippen LogP contribution is -2.64. The number of hydrogen-bond acceptors (Lipinski definition) is 10. The number of ether oxygens (including phenoxy) is 2. The molecule has 2 aliphatic heterocycles. The van der Waals surface area contributed by atoms with Crippen molar-refractivity contribution in [2.75, 3.05) is 18.9 Å². The molecule has 0 unspecified atom stereocenters. The third-order valence-corrected chi connectivity index (χ3v) is 9.77. The SMILES string of the molecule is Cc1ncc(-c2nc(-c3cc(S(=O)(=O)NC45CCC(COC(=O)C(F)(F)F)(CC4)OC5)ccc3C)cnc2N)s1. The number of aryl methyl sites for hydroxylation is 2. The fraction of sp³-hybridized carbons (Fsp3) is 0.440. The molecule has 0 spiro atoms. The highest BCUT2D eigenvalue weighted by molar-refractivity contribution is 7.89. The van der Waals surface area contributed by atoms with Crippen LogP contribution in [0, 0.1) is 13.8 Å². The largest absolute Gasteiger partial charge is 0.490 e. The van der Waals surface area contributed by atoms with Crippen LogP contribution in [0.4, 0.5) is 19.0 Å². The zero-order valence-corrected chi connectivity index (χ0v) is 23.2. The molecule has 3 aliphatic rings. The van der Waals surface area contributed by atoms with Crippen LogP contribution in [0.15, 0.2) is 35.5 Å². The average Bonchev–Trinajstić information content (AvgIpc) is 3.34. The first kappa shape index (κ1) is 28.4. The molecule has 1 saturated carbocycles. The van der Waals surface area contributed by atoms with Crippen molar-refractivity contribution >= 4 is 33.1 Å². The van der Waals surface area contributed by atoms with Gasteiger partial charge in [-0.15, -0.1) is 11.3 Å². The first-order chi connectivity index (χ1) is 18.7. The molecule has 10 nitrogen and oxygen atoms in total. The lowest BCUT2D eigenvalue weighted by molar-refractivity contribution is -0.219. The number of rotatable bonds is 7. The molecular weight excluding hydrogens is 571 g/mol. The van der Waals surface area contributed by atoms with Crippen molar-refractivity contribution in [1.29, 1.82) is 0 Å². The van der Waals surface area contributed by atoms with Gasteiger partial charge in [0.25, 0.3) is 0 Å². The van der Waals surface area contributed by atoms with Gasteiger partial charge in [-0.2, -0.15) is 13.2 Å². The summed E-state index contributed by atoms with van der Waals surface area (Å²) in [6.07, 6.45) is -0.843. The Labute approximate surface area is 232 Å². The fourth-order valence-corrected chi connectivity index (χ4v) is 7.18. The van der Waals surface area contributed by atoms with E-state index in [0.29, 0.717) is 29.8 Å². The van der Waals surface area contributed by atoms with Gasteiger partial charge in [0, 0.05) is 11.8 Å². The number of carbonyl (C=O) groups excluding carboxylic acids is 1. The molecule has 15 heteroatoms. The van der Waals surface area contributed by atoms with Crippen molar-refractivity contribution in [3.63, 3.8) is 0 Å². The number of carbonyl (C=O) groups is 1. The number of nitrogens with one attached hydrogen (secondary N) is 1. The first-order valence-corrected chi connectivity index (χ1v) is 14.6. The maximum Gasteiger partial charge on any atom is 0.490 e. The number of aromatic nitrogens is 3. The van der Waals surface area contributed by atoms with E-state index in [0.717, 1.165) is 15.4 Å². The molecule has 0 amide bonds. The van der Waals surface area contributed by atoms with E-state index in [1.165, 1.54) is 29.7 Å². The van der Waals surface area contributed by atoms with Crippen molar-refractivity contribution in [2.24, 2.45) is 0 Å². The number of thiazole rings is 1. The number of hydrogen-bond donors (Lipinski definition) is 2. The van der Waals surface area contributed by atoms with E-state index >= 15 is 0 Å². The molecule has 2 saturated heterocycles. The van der Waals surface area contributed by atoms with Gasteiger partial charge in [0.15, 0.2) is 5.82 Å². The molecule has 214 valence electrons. The van der Waals surface area contributed by atoms with Crippen molar-refractivity contribution < 1.29 is 35.9 Å². The second kappa shape index (κ2) is 10.0. The number of sulfonamides is 1. The van der Waals surface area contributed by atoms with Crippen LogP contribution in [0.5, 0.6) is 0 Å². The van der Waals surface area contributed by atoms with Crippen LogP contribution in [0.2, 0.25) is 0 Å². The Hall–Kier alpha value is -3.14. The van der Waals surface area contributed by atoms with Crippen molar-refractivity contribution in [2.45, 2.75) is 61.7 Å². The first-order valence-electron chi connectivity index (χ1n) is 12.3. The van der Waals surface area contributed by atoms with Crippen molar-refractivity contribution in [3.8, 4) is 21.8 Å². The Kier molecular flexibility index (Phi) is 7.13. The van der Waals surface area contributed by atoms with Gasteiger partial charge in [0.1, 0.15) is 17.9 Å². The molecule has 1 aromatic carbocycles. The van der Waals surface area contributed by atoms with E-state index in [1.807, 2.05) is 13.8 Å². The summed E-state index contributed by atoms with van der Waals surface area (Å²) in [7, 11) is -4.03. The number of nitrogens with two attached hydrogens (primary N) is 1. The number of anilines is 1. The van der Waals surface area contributed by atoms with Crippen LogP contribution in [-0.2, 0) is 24.3 Å². The lowest BCUT2D eigenvalue weighted by Gasteiger charge is -2.52. The quantitative estimate of drug-likeness (QED) is 0.387. The summed E-state index contributed by atoms with van der Waals surface area (Å²) in [4.78, 5) is 25.0. The number of nitrogen functional groups attached to an aromatic ring is 1. The Morgan fingerprint density at radius 1 is 1.18 bits per heavy atom. The second-order valence-corrected chi connectivity index (χ2v) is 13.1. The number of fused-ring (bicyclic) bond motifs is 3. The summed E-state index contributed by atoms with van der Waals surface area (Å²) in [5, 5.41) is 0.838. The summed E-state index contributed by atoms with van der Waals surface area (Å²) < 4.78 is 77.5. The van der Waals surface area contributed by atoms with Crippen LogP contribution >= 0.6 is 11.3 Å². The van der Waals surface area contributed by atoms with Gasteiger partial charge in [-0.05, 0) is 57.2 Å². The molecule has 3 N–H and O–H groups in total. The van der Waals surface area contributed by atoms with E-state index in [-0.39, 0.29) is 30.2 Å². The van der Waals surface area contributed by atoms with Gasteiger partial charge in [-0.1, -0.05) is 6.07 Å². The highest BCUT2D eigenvalue weighted by atomic mass is 32.2. The molecule has 3 fully saturated rings. The molecule has 2 aromatic heterocycles. The maximum atomic E-state index is 13.5. The van der Waals surface area contributed by atoms with Crippen LogP contribution in [0.3, 0.4) is 0 Å². The number of halogens is 3. The van der Waals surface area contributed by atoms with E-state index in [9.17, 15) is 26.4 Å². The summed E-state index contributed by atoms with van der Waals surface area (Å²) in [6.45, 7) is 3.09. The van der Waals surface area contributed by atoms with Crippen LogP contribution < -0.4 is 10.5 Å². The molecule has 0 radical (unpaired) electrons. The molecule has 0 atom stereocenters. The van der Waals surface area contributed by atoms with Gasteiger partial charge in [0.2, 0.25) is 10.0 Å². The molecule has 6 rings (SSSR count). The molecule has 40 heavy (non-hydrogen) atoms. The summed E-state index contributed by atoms with van der Waals surface area (Å²) in [6, 6.07) is 4.68. The minimum atomic E-state index is -5.09. The molecule has 2 bridgehead atoms. The van der Waals surface area contributed by atoms with E-state index in [2.05, 4.69) is 24.4 Å². The molecule has 3 aromatic rings. The summed E-state index contributed by atoms with van der Waals surface area (Å²) in [5.41, 5.74) is 6.30. The Balaban J connectivity index is 1.34. The second-order valence-electron chi connectivity index (χ2n) is 10.1. The minimum Gasteiger partial charge on any atom is -0.456 e. The van der Waals surface area contributed by atoms with Crippen molar-refractivity contribution in [3.05, 3.63) is 41.2 Å². The molecular formula is C25H26F3N5O5S2. The third kappa shape index (κ3) is 5.55. The maximum absolute atomic E-state index is 13.5. The summed E-state index contributed by atoms with van der Waals surface area (Å²) in [5.74, 6) is -2.04. The normalized spacial score (nSPS) is 22.8. The number of nitrogens with zero attached hydrogens (tertiary/aromatic N) is 3. The third-order valence-electron chi connectivity index (χ3n) is 7.27. The highest BCUT2D eigenvalue weighted by Gasteiger charge is 2.53. The Morgan fingerprint density at radius 3 is 2.50 bits per heavy atom. The van der Waals surface area contributed by atoms with Gasteiger partial charge >= 0.3 is 12.1 Å². The van der Waals surface area contributed by atoms with Crippen LogP contribution in [0.1, 0.15) is 36.3 Å². The van der Waals surface area contributed by atoms with E-state index < -0.39 is 39.9 Å². The van der Waals surface area contributed by atoms with E-state index in [1.54, 1.807) is 12.3 Å². The van der Waals surface area contributed by atoms with Crippen LogP contribution in [-0.4, -0.2) is 59.9 Å². The zero-order chi connectivity index (χ0) is 28.9. The number of esters is 1. The predicted molar refractivity (Wildman–Crippen MR) is 140 cm³/mol. The minimum absolute atomic E-state index is 0.0119. The predicted octanol–water partition coefficient (Wildman–Crippen LogP) is 3.93. The monoisotopic (exact) mass is 597 g/mol.